The van der Waals surface area contributed by atoms with Gasteiger partial charge in [-0.3, -0.25) is 4.79 Å². The summed E-state index contributed by atoms with van der Waals surface area (Å²) in [5.41, 5.74) is 0.161. The van der Waals surface area contributed by atoms with Gasteiger partial charge in [-0.05, 0) is 30.5 Å². The minimum Gasteiger partial charge on any atom is -0.479 e. The van der Waals surface area contributed by atoms with Crippen molar-refractivity contribution in [1.82, 2.24) is 4.90 Å². The second-order valence-electron chi connectivity index (χ2n) is 6.24. The molecule has 2 aliphatic rings. The molecule has 1 amide bonds. The highest BCUT2D eigenvalue weighted by Gasteiger charge is 2.46. The van der Waals surface area contributed by atoms with Gasteiger partial charge in [-0.2, -0.15) is 0 Å². The Bertz CT molecular complexity index is 595. The molecule has 1 saturated carbocycles. The van der Waals surface area contributed by atoms with Crippen molar-refractivity contribution in [3.05, 3.63) is 35.6 Å². The summed E-state index contributed by atoms with van der Waals surface area (Å²) < 4.78 is 18.4. The highest BCUT2D eigenvalue weighted by Crippen LogP contribution is 2.43. The molecule has 1 saturated heterocycles. The maximum absolute atomic E-state index is 13.2. The van der Waals surface area contributed by atoms with E-state index in [4.69, 9.17) is 9.84 Å². The molecular formula is C17H20FNO4. The molecule has 0 unspecified atom stereocenters. The maximum Gasteiger partial charge on any atom is 0.334 e. The summed E-state index contributed by atoms with van der Waals surface area (Å²) in [5, 5.41) is 9.11. The number of ether oxygens (including phenoxy) is 1. The van der Waals surface area contributed by atoms with Gasteiger partial charge < -0.3 is 14.7 Å². The van der Waals surface area contributed by atoms with Crippen molar-refractivity contribution in [3.8, 4) is 0 Å². The van der Waals surface area contributed by atoms with Gasteiger partial charge in [0.25, 0.3) is 0 Å². The van der Waals surface area contributed by atoms with Crippen LogP contribution in [0.4, 0.5) is 4.39 Å². The molecule has 2 fully saturated rings. The lowest BCUT2D eigenvalue weighted by molar-refractivity contribution is -0.161. The lowest BCUT2D eigenvalue weighted by Crippen LogP contribution is -2.54. The lowest BCUT2D eigenvalue weighted by atomic mass is 9.77. The Kier molecular flexibility index (Phi) is 4.35. The van der Waals surface area contributed by atoms with Crippen LogP contribution < -0.4 is 0 Å². The van der Waals surface area contributed by atoms with Crippen molar-refractivity contribution in [2.24, 2.45) is 0 Å². The molecule has 3 rings (SSSR count). The molecule has 1 aromatic rings. The number of nitrogens with zero attached hydrogens (tertiary/aromatic N) is 1. The van der Waals surface area contributed by atoms with Crippen molar-refractivity contribution in [2.45, 2.75) is 37.2 Å². The zero-order valence-corrected chi connectivity index (χ0v) is 12.8. The van der Waals surface area contributed by atoms with E-state index in [9.17, 15) is 14.0 Å². The van der Waals surface area contributed by atoms with Crippen LogP contribution in [-0.2, 0) is 19.7 Å². The fourth-order valence-electron chi connectivity index (χ4n) is 3.66. The Morgan fingerprint density at radius 1 is 1.22 bits per heavy atom. The largest absolute Gasteiger partial charge is 0.479 e. The summed E-state index contributed by atoms with van der Waals surface area (Å²) >= 11 is 0. The van der Waals surface area contributed by atoms with E-state index in [-0.39, 0.29) is 24.9 Å². The fraction of sp³-hybridized carbons (Fsp3) is 0.529. The van der Waals surface area contributed by atoms with Crippen LogP contribution in [-0.4, -0.2) is 47.7 Å². The predicted octanol–water partition coefficient (Wildman–Crippen LogP) is 1.95. The number of amides is 1. The van der Waals surface area contributed by atoms with Crippen LogP contribution in [0.1, 0.15) is 31.2 Å². The van der Waals surface area contributed by atoms with Gasteiger partial charge in [-0.25, -0.2) is 9.18 Å². The van der Waals surface area contributed by atoms with Gasteiger partial charge in [0.05, 0.1) is 18.6 Å². The quantitative estimate of drug-likeness (QED) is 0.924. The highest BCUT2D eigenvalue weighted by atomic mass is 19.1. The molecule has 1 heterocycles. The number of morpholine rings is 1. The van der Waals surface area contributed by atoms with E-state index in [0.29, 0.717) is 19.4 Å². The second-order valence-corrected chi connectivity index (χ2v) is 6.24. The molecule has 1 atom stereocenters. The number of carboxylic acid groups (broad SMARTS) is 1. The van der Waals surface area contributed by atoms with Gasteiger partial charge in [0.2, 0.25) is 5.91 Å². The molecule has 1 aliphatic carbocycles. The van der Waals surface area contributed by atoms with Gasteiger partial charge in [0, 0.05) is 6.54 Å². The first-order valence-electron chi connectivity index (χ1n) is 7.93. The van der Waals surface area contributed by atoms with Gasteiger partial charge in [-0.1, -0.05) is 25.0 Å². The summed E-state index contributed by atoms with van der Waals surface area (Å²) in [4.78, 5) is 25.9. The topological polar surface area (TPSA) is 66.8 Å². The van der Waals surface area contributed by atoms with Crippen molar-refractivity contribution in [3.63, 3.8) is 0 Å². The van der Waals surface area contributed by atoms with Crippen LogP contribution >= 0.6 is 0 Å². The van der Waals surface area contributed by atoms with E-state index in [1.54, 1.807) is 17.0 Å². The summed E-state index contributed by atoms with van der Waals surface area (Å²) in [6.07, 6.45) is 2.34. The molecule has 0 spiro atoms. The van der Waals surface area contributed by atoms with E-state index in [2.05, 4.69) is 0 Å². The molecule has 6 heteroatoms. The predicted molar refractivity (Wildman–Crippen MR) is 80.5 cm³/mol. The van der Waals surface area contributed by atoms with Crippen molar-refractivity contribution in [1.29, 1.82) is 0 Å². The van der Waals surface area contributed by atoms with E-state index < -0.39 is 17.5 Å². The van der Waals surface area contributed by atoms with E-state index in [1.165, 1.54) is 12.1 Å². The summed E-state index contributed by atoms with van der Waals surface area (Å²) in [6, 6.07) is 6.10. The number of benzene rings is 1. The Hall–Kier alpha value is -1.95. The number of aliphatic carboxylic acids is 1. The SMILES string of the molecule is O=C(O)[C@@H]1CN(C(=O)C2(c3ccc(F)cc3)CCCC2)CCO1. The van der Waals surface area contributed by atoms with Crippen molar-refractivity contribution < 1.29 is 23.8 Å². The Balaban J connectivity index is 1.87. The molecule has 1 N–H and O–H groups in total. The van der Waals surface area contributed by atoms with E-state index in [0.717, 1.165) is 18.4 Å². The van der Waals surface area contributed by atoms with Crippen LogP contribution in [0.5, 0.6) is 0 Å². The molecule has 23 heavy (non-hydrogen) atoms. The number of hydrogen-bond donors (Lipinski definition) is 1. The van der Waals surface area contributed by atoms with Crippen molar-refractivity contribution >= 4 is 11.9 Å². The highest BCUT2D eigenvalue weighted by molar-refractivity contribution is 5.89. The third-order valence-corrected chi connectivity index (χ3v) is 4.89. The molecule has 0 radical (unpaired) electrons. The lowest BCUT2D eigenvalue weighted by Gasteiger charge is -2.38. The van der Waals surface area contributed by atoms with Gasteiger partial charge in [0.15, 0.2) is 6.10 Å². The summed E-state index contributed by atoms with van der Waals surface area (Å²) in [5.74, 6) is -1.44. The van der Waals surface area contributed by atoms with Crippen molar-refractivity contribution in [2.75, 3.05) is 19.7 Å². The van der Waals surface area contributed by atoms with Crippen LogP contribution in [0, 0.1) is 5.82 Å². The van der Waals surface area contributed by atoms with Crippen LogP contribution in [0.25, 0.3) is 0 Å². The Morgan fingerprint density at radius 2 is 1.87 bits per heavy atom. The number of rotatable bonds is 3. The van der Waals surface area contributed by atoms with E-state index >= 15 is 0 Å². The smallest absolute Gasteiger partial charge is 0.334 e. The van der Waals surface area contributed by atoms with Crippen LogP contribution in [0.2, 0.25) is 0 Å². The third kappa shape index (κ3) is 2.95. The number of carboxylic acids is 1. The number of hydrogen-bond acceptors (Lipinski definition) is 3. The summed E-state index contributed by atoms with van der Waals surface area (Å²) in [7, 11) is 0. The first-order valence-corrected chi connectivity index (χ1v) is 7.93. The first-order chi connectivity index (χ1) is 11.0. The van der Waals surface area contributed by atoms with E-state index in [1.807, 2.05) is 0 Å². The fourth-order valence-corrected chi connectivity index (χ4v) is 3.66. The zero-order chi connectivity index (χ0) is 16.4. The Morgan fingerprint density at radius 3 is 2.48 bits per heavy atom. The average molecular weight is 321 g/mol. The minimum absolute atomic E-state index is 0.0591. The molecule has 124 valence electrons. The third-order valence-electron chi connectivity index (χ3n) is 4.89. The molecular weight excluding hydrogens is 301 g/mol. The number of carbonyl (C=O) groups is 2. The number of halogens is 1. The molecule has 5 nitrogen and oxygen atoms in total. The van der Waals surface area contributed by atoms with Crippen LogP contribution in [0.3, 0.4) is 0 Å². The standard InChI is InChI=1S/C17H20FNO4/c18-13-5-3-12(4-6-13)17(7-1-2-8-17)16(22)19-9-10-23-14(11-19)15(20)21/h3-6,14H,1-2,7-11H2,(H,20,21)/t14-/m0/s1. The second kappa shape index (κ2) is 6.28. The monoisotopic (exact) mass is 321 g/mol. The minimum atomic E-state index is -1.05. The molecule has 0 aromatic heterocycles. The molecule has 1 aliphatic heterocycles. The summed E-state index contributed by atoms with van der Waals surface area (Å²) in [6.45, 7) is 0.685. The van der Waals surface area contributed by atoms with Gasteiger partial charge in [0.1, 0.15) is 5.82 Å². The molecule has 0 bridgehead atoms. The maximum atomic E-state index is 13.2. The first kappa shape index (κ1) is 15.9. The van der Waals surface area contributed by atoms with Crippen LogP contribution in [0.15, 0.2) is 24.3 Å². The molecule has 1 aromatic carbocycles. The van der Waals surface area contributed by atoms with Gasteiger partial charge >= 0.3 is 5.97 Å². The Labute approximate surface area is 134 Å². The van der Waals surface area contributed by atoms with Gasteiger partial charge in [-0.15, -0.1) is 0 Å². The number of carbonyl (C=O) groups excluding carboxylic acids is 1. The average Bonchev–Trinajstić information content (AvgIpc) is 3.06. The zero-order valence-electron chi connectivity index (χ0n) is 12.8. The normalized spacial score (nSPS) is 23.7.